The van der Waals surface area contributed by atoms with Gasteiger partial charge in [0.25, 0.3) is 0 Å². The molecule has 0 aromatic heterocycles. The lowest BCUT2D eigenvalue weighted by molar-refractivity contribution is -0.216. The van der Waals surface area contributed by atoms with Crippen molar-refractivity contribution in [1.29, 1.82) is 0 Å². The summed E-state index contributed by atoms with van der Waals surface area (Å²) in [5.41, 5.74) is 0. The van der Waals surface area contributed by atoms with Crippen molar-refractivity contribution in [1.82, 2.24) is 0 Å². The summed E-state index contributed by atoms with van der Waals surface area (Å²) < 4.78 is 230. The van der Waals surface area contributed by atoms with Crippen molar-refractivity contribution in [2.75, 3.05) is 0 Å². The van der Waals surface area contributed by atoms with Gasteiger partial charge in [-0.3, -0.25) is 0 Å². The van der Waals surface area contributed by atoms with Crippen molar-refractivity contribution in [2.24, 2.45) is 0 Å². The van der Waals surface area contributed by atoms with Crippen LogP contribution in [0.4, 0.5) is 79.0 Å². The Labute approximate surface area is 156 Å². The molecule has 0 aromatic carbocycles. The minimum atomic E-state index is -7.26. The lowest BCUT2D eigenvalue weighted by Crippen LogP contribution is -2.47. The Morgan fingerprint density at radius 2 is 0.581 bits per heavy atom. The van der Waals surface area contributed by atoms with Crippen molar-refractivity contribution >= 4 is 0 Å². The molecule has 0 aliphatic carbocycles. The zero-order chi connectivity index (χ0) is 25.3. The third-order valence-corrected chi connectivity index (χ3v) is 2.79. The van der Waals surface area contributed by atoms with Crippen molar-refractivity contribution in [3.63, 3.8) is 0 Å². The molecule has 0 aliphatic rings. The van der Waals surface area contributed by atoms with Gasteiger partial charge in [-0.15, -0.1) is 0 Å². The Balaban J connectivity index is 6.82. The number of halogens is 18. The molecule has 0 fully saturated rings. The van der Waals surface area contributed by atoms with E-state index in [1.54, 1.807) is 0 Å². The molecule has 0 spiro atoms. The summed E-state index contributed by atoms with van der Waals surface area (Å²) in [6.45, 7) is 0. The minimum absolute atomic E-state index is 2.27. The van der Waals surface area contributed by atoms with Gasteiger partial charge in [-0.05, 0) is 0 Å². The van der Waals surface area contributed by atoms with E-state index in [2.05, 4.69) is 4.74 Å². The molecule has 31 heavy (non-hydrogen) atoms. The zero-order valence-electron chi connectivity index (χ0n) is 13.2. The molecule has 180 valence electrons. The summed E-state index contributed by atoms with van der Waals surface area (Å²) in [4.78, 5) is 0. The van der Waals surface area contributed by atoms with Crippen molar-refractivity contribution in [3.8, 4) is 0 Å². The van der Waals surface area contributed by atoms with Crippen LogP contribution < -0.4 is 0 Å². The molecule has 0 aliphatic heterocycles. The maximum absolute atomic E-state index is 13.4. The van der Waals surface area contributed by atoms with Crippen LogP contribution in [0.2, 0.25) is 0 Å². The maximum Gasteiger partial charge on any atom is 0.378 e. The smallest absolute Gasteiger partial charge is 0.378 e. The van der Waals surface area contributed by atoms with Gasteiger partial charge in [0, 0.05) is 0 Å². The van der Waals surface area contributed by atoms with Crippen LogP contribution in [0, 0.1) is 0 Å². The number of allylic oxidation sites excluding steroid dienone is 4. The predicted octanol–water partition coefficient (Wildman–Crippen LogP) is 7.92. The Kier molecular flexibility index (Phi) is 8.21. The lowest BCUT2D eigenvalue weighted by atomic mass is 10.1. The lowest BCUT2D eigenvalue weighted by Gasteiger charge is -2.30. The van der Waals surface area contributed by atoms with E-state index < -0.39 is 71.2 Å². The molecule has 0 radical (unpaired) electrons. The van der Waals surface area contributed by atoms with Gasteiger partial charge in [-0.25, -0.2) is 0 Å². The fourth-order valence-electron chi connectivity index (χ4n) is 1.34. The average molecular weight is 502 g/mol. The van der Waals surface area contributed by atoms with Gasteiger partial charge >= 0.3 is 48.0 Å². The second-order valence-electron chi connectivity index (χ2n) is 4.73. The maximum atomic E-state index is 13.4. The summed E-state index contributed by atoms with van der Waals surface area (Å²) in [6, 6.07) is 0. The molecule has 0 saturated carbocycles. The van der Waals surface area contributed by atoms with Gasteiger partial charge in [-0.2, -0.15) is 79.0 Å². The van der Waals surface area contributed by atoms with E-state index in [1.807, 2.05) is 0 Å². The quantitative estimate of drug-likeness (QED) is 0.242. The summed E-state index contributed by atoms with van der Waals surface area (Å²) in [5.74, 6) is -46.8. The Bertz CT molecular complexity index is 746. The SMILES string of the molecule is FC(F)=C(F)C(F)(F)C(F)(F)C(OC(=C(F)F)C(F)(F)C(F)(F)C(F)=C(F)F)=C(F)F. The number of rotatable bonds is 8. The van der Waals surface area contributed by atoms with Gasteiger partial charge in [0.05, 0.1) is 0 Å². The Morgan fingerprint density at radius 3 is 0.742 bits per heavy atom. The molecule has 0 saturated heterocycles. The van der Waals surface area contributed by atoms with Gasteiger partial charge in [0.2, 0.25) is 23.2 Å². The molecule has 1 nitrogen and oxygen atoms in total. The minimum Gasteiger partial charge on any atom is -0.441 e. The first-order chi connectivity index (χ1) is 13.6. The first-order valence-corrected chi connectivity index (χ1v) is 6.31. The summed E-state index contributed by atoms with van der Waals surface area (Å²) in [7, 11) is 0. The van der Waals surface area contributed by atoms with Gasteiger partial charge < -0.3 is 4.74 Å². The highest BCUT2D eigenvalue weighted by molar-refractivity contribution is 5.27. The largest absolute Gasteiger partial charge is 0.441 e. The fraction of sp³-hybridized carbons (Fsp3) is 0.333. The van der Waals surface area contributed by atoms with Crippen LogP contribution in [-0.2, 0) is 4.74 Å². The van der Waals surface area contributed by atoms with Crippen LogP contribution in [0.15, 0.2) is 47.5 Å². The Hall–Kier alpha value is -2.50. The van der Waals surface area contributed by atoms with Crippen LogP contribution in [-0.4, -0.2) is 23.7 Å². The molecule has 0 amide bonds. The molecule has 0 atom stereocenters. The highest BCUT2D eigenvalue weighted by atomic mass is 19.3. The average Bonchev–Trinajstić information content (AvgIpc) is 2.58. The third kappa shape index (κ3) is 5.05. The second-order valence-corrected chi connectivity index (χ2v) is 4.73. The van der Waals surface area contributed by atoms with E-state index >= 15 is 0 Å². The Morgan fingerprint density at radius 1 is 0.355 bits per heavy atom. The molecular formula is C12F18O. The monoisotopic (exact) mass is 502 g/mol. The molecule has 0 heterocycles. The predicted molar refractivity (Wildman–Crippen MR) is 60.1 cm³/mol. The summed E-state index contributed by atoms with van der Waals surface area (Å²) in [5, 5.41) is 0. The van der Waals surface area contributed by atoms with E-state index in [0.717, 1.165) is 0 Å². The molecular weight excluding hydrogens is 502 g/mol. The van der Waals surface area contributed by atoms with E-state index in [1.165, 1.54) is 0 Å². The first-order valence-electron chi connectivity index (χ1n) is 6.31. The molecule has 0 unspecified atom stereocenters. The van der Waals surface area contributed by atoms with Crippen molar-refractivity contribution < 1.29 is 83.8 Å². The standard InChI is InChI=1S/C12F18O/c13-1(5(15)16)9(23,24)11(27,28)3(7(19)20)31-4(8(21)22)12(29,30)10(25,26)2(14)6(17)18. The summed E-state index contributed by atoms with van der Waals surface area (Å²) in [6.07, 6.45) is -17.7. The highest BCUT2D eigenvalue weighted by Crippen LogP contribution is 2.52. The second kappa shape index (κ2) is 8.93. The van der Waals surface area contributed by atoms with Crippen molar-refractivity contribution in [2.45, 2.75) is 23.7 Å². The van der Waals surface area contributed by atoms with E-state index in [-0.39, 0.29) is 0 Å². The van der Waals surface area contributed by atoms with Crippen LogP contribution in [0.25, 0.3) is 0 Å². The zero-order valence-corrected chi connectivity index (χ0v) is 13.2. The first kappa shape index (κ1) is 28.5. The van der Waals surface area contributed by atoms with Gasteiger partial charge in [-0.1, -0.05) is 0 Å². The van der Waals surface area contributed by atoms with Crippen LogP contribution in [0.3, 0.4) is 0 Å². The normalized spacial score (nSPS) is 12.8. The topological polar surface area (TPSA) is 9.23 Å². The number of alkyl halides is 8. The van der Waals surface area contributed by atoms with Crippen LogP contribution in [0.1, 0.15) is 0 Å². The molecule has 0 aromatic rings. The van der Waals surface area contributed by atoms with Crippen LogP contribution in [0.5, 0.6) is 0 Å². The van der Waals surface area contributed by atoms with Gasteiger partial charge in [0.1, 0.15) is 0 Å². The van der Waals surface area contributed by atoms with E-state index in [9.17, 15) is 79.0 Å². The van der Waals surface area contributed by atoms with Crippen LogP contribution >= 0.6 is 0 Å². The number of hydrogen-bond acceptors (Lipinski definition) is 1. The van der Waals surface area contributed by atoms with E-state index in [0.29, 0.717) is 0 Å². The molecule has 19 heteroatoms. The third-order valence-electron chi connectivity index (χ3n) is 2.79. The number of ether oxygens (including phenoxy) is 1. The molecule has 0 N–H and O–H groups in total. The summed E-state index contributed by atoms with van der Waals surface area (Å²) >= 11 is 0. The van der Waals surface area contributed by atoms with Crippen molar-refractivity contribution in [3.05, 3.63) is 47.5 Å². The van der Waals surface area contributed by atoms with Gasteiger partial charge in [0.15, 0.2) is 0 Å². The van der Waals surface area contributed by atoms with E-state index in [4.69, 9.17) is 0 Å². The highest BCUT2D eigenvalue weighted by Gasteiger charge is 2.70. The fourth-order valence-corrected chi connectivity index (χ4v) is 1.34. The molecule has 0 rings (SSSR count). The number of hydrogen-bond donors (Lipinski definition) is 0. The molecule has 0 bridgehead atoms.